The minimum Gasteiger partial charge on any atom is -0.471 e. The van der Waals surface area contributed by atoms with Gasteiger partial charge in [-0.1, -0.05) is 6.07 Å². The third kappa shape index (κ3) is 2.93. The highest BCUT2D eigenvalue weighted by Gasteiger charge is 2.31. The highest BCUT2D eigenvalue weighted by atomic mass is 16.5. The summed E-state index contributed by atoms with van der Waals surface area (Å²) in [6.45, 7) is 4.94. The molecule has 1 atom stereocenters. The number of carbonyl (C=O) groups excluding carboxylic acids is 1. The normalized spacial score (nSPS) is 17.2. The minimum absolute atomic E-state index is 0.0164. The van der Waals surface area contributed by atoms with Gasteiger partial charge in [-0.3, -0.25) is 9.20 Å². The second-order valence-electron chi connectivity index (χ2n) is 6.27. The van der Waals surface area contributed by atoms with Crippen LogP contribution in [0.3, 0.4) is 0 Å². The Bertz CT molecular complexity index is 919. The molecule has 0 N–H and O–H groups in total. The smallest absolute Gasteiger partial charge is 0.272 e. The summed E-state index contributed by atoms with van der Waals surface area (Å²) in [5.41, 5.74) is 2.99. The molecule has 0 radical (unpaired) electrons. The van der Waals surface area contributed by atoms with Crippen molar-refractivity contribution in [3.05, 3.63) is 53.6 Å². The van der Waals surface area contributed by atoms with E-state index in [4.69, 9.17) is 4.74 Å². The standard InChI is InChI=1S/C18H19N5O2/c1-12-6-7-16(21-20-12)25-14-8-10-22(11-14)18(24)17-13(2)19-15-5-3-4-9-23(15)17/h3-7,9,14H,8,10-11H2,1-2H3/t14-/m0/s1. The van der Waals surface area contributed by atoms with Crippen LogP contribution < -0.4 is 4.74 Å². The Kier molecular flexibility index (Phi) is 3.83. The van der Waals surface area contributed by atoms with E-state index in [0.29, 0.717) is 24.7 Å². The molecule has 3 aromatic heterocycles. The number of rotatable bonds is 3. The summed E-state index contributed by atoms with van der Waals surface area (Å²) in [5.74, 6) is 0.480. The van der Waals surface area contributed by atoms with Gasteiger partial charge in [-0.15, -0.1) is 5.10 Å². The molecule has 4 rings (SSSR count). The van der Waals surface area contributed by atoms with Crippen LogP contribution in [0.15, 0.2) is 36.5 Å². The first-order valence-electron chi connectivity index (χ1n) is 8.32. The molecule has 0 aliphatic carbocycles. The van der Waals surface area contributed by atoms with Crippen LogP contribution in [-0.4, -0.2) is 49.6 Å². The van der Waals surface area contributed by atoms with E-state index in [0.717, 1.165) is 23.5 Å². The number of hydrogen-bond donors (Lipinski definition) is 0. The van der Waals surface area contributed by atoms with Gasteiger partial charge in [0.2, 0.25) is 5.88 Å². The summed E-state index contributed by atoms with van der Waals surface area (Å²) in [6, 6.07) is 9.38. The van der Waals surface area contributed by atoms with Crippen LogP contribution >= 0.6 is 0 Å². The Balaban J connectivity index is 1.50. The van der Waals surface area contributed by atoms with Crippen molar-refractivity contribution in [1.82, 2.24) is 24.5 Å². The third-order valence-corrected chi connectivity index (χ3v) is 4.40. The minimum atomic E-state index is -0.0690. The van der Waals surface area contributed by atoms with E-state index >= 15 is 0 Å². The molecule has 0 bridgehead atoms. The molecule has 1 aliphatic heterocycles. The zero-order valence-corrected chi connectivity index (χ0v) is 14.2. The maximum absolute atomic E-state index is 13.0. The first kappa shape index (κ1) is 15.6. The van der Waals surface area contributed by atoms with Gasteiger partial charge in [-0.25, -0.2) is 4.98 Å². The van der Waals surface area contributed by atoms with Crippen molar-refractivity contribution in [3.63, 3.8) is 0 Å². The molecule has 0 spiro atoms. The van der Waals surface area contributed by atoms with Gasteiger partial charge in [-0.05, 0) is 32.0 Å². The van der Waals surface area contributed by atoms with Crippen LogP contribution in [0.25, 0.3) is 5.65 Å². The largest absolute Gasteiger partial charge is 0.471 e. The molecule has 1 fully saturated rings. The summed E-state index contributed by atoms with van der Waals surface area (Å²) in [6.07, 6.45) is 2.58. The van der Waals surface area contributed by atoms with Crippen molar-refractivity contribution in [3.8, 4) is 5.88 Å². The van der Waals surface area contributed by atoms with Gasteiger partial charge in [0.15, 0.2) is 0 Å². The Morgan fingerprint density at radius 3 is 2.88 bits per heavy atom. The average molecular weight is 337 g/mol. The van der Waals surface area contributed by atoms with Crippen molar-refractivity contribution in [2.24, 2.45) is 0 Å². The van der Waals surface area contributed by atoms with Gasteiger partial charge >= 0.3 is 0 Å². The lowest BCUT2D eigenvalue weighted by Crippen LogP contribution is -2.32. The van der Waals surface area contributed by atoms with Gasteiger partial charge in [0.1, 0.15) is 17.4 Å². The summed E-state index contributed by atoms with van der Waals surface area (Å²) < 4.78 is 7.70. The molecular formula is C18H19N5O2. The molecule has 4 heterocycles. The molecule has 128 valence electrons. The maximum atomic E-state index is 13.0. The molecule has 25 heavy (non-hydrogen) atoms. The Hall–Kier alpha value is -2.96. The van der Waals surface area contributed by atoms with E-state index in [2.05, 4.69) is 15.2 Å². The number of carbonyl (C=O) groups is 1. The fraction of sp³-hybridized carbons (Fsp3) is 0.333. The number of amides is 1. The summed E-state index contributed by atoms with van der Waals surface area (Å²) in [7, 11) is 0. The molecule has 0 saturated carbocycles. The molecule has 7 heteroatoms. The van der Waals surface area contributed by atoms with Gasteiger partial charge in [0.05, 0.1) is 17.9 Å². The summed E-state index contributed by atoms with van der Waals surface area (Å²) in [5, 5.41) is 8.02. The lowest BCUT2D eigenvalue weighted by atomic mass is 10.3. The highest BCUT2D eigenvalue weighted by Crippen LogP contribution is 2.20. The monoisotopic (exact) mass is 337 g/mol. The van der Waals surface area contributed by atoms with Crippen LogP contribution in [0.4, 0.5) is 0 Å². The summed E-state index contributed by atoms with van der Waals surface area (Å²) in [4.78, 5) is 19.2. The molecule has 0 aromatic carbocycles. The van der Waals surface area contributed by atoms with E-state index in [1.54, 1.807) is 6.07 Å². The molecular weight excluding hydrogens is 318 g/mol. The number of ether oxygens (including phenoxy) is 1. The van der Waals surface area contributed by atoms with E-state index in [1.165, 1.54) is 0 Å². The Labute approximate surface area is 145 Å². The maximum Gasteiger partial charge on any atom is 0.272 e. The predicted molar refractivity (Wildman–Crippen MR) is 91.6 cm³/mol. The quantitative estimate of drug-likeness (QED) is 0.731. The molecule has 1 saturated heterocycles. The van der Waals surface area contributed by atoms with E-state index < -0.39 is 0 Å². The predicted octanol–water partition coefficient (Wildman–Crippen LogP) is 2.03. The van der Waals surface area contributed by atoms with Gasteiger partial charge in [0, 0.05) is 25.2 Å². The Morgan fingerprint density at radius 1 is 1.20 bits per heavy atom. The van der Waals surface area contributed by atoms with Crippen LogP contribution in [0.1, 0.15) is 28.3 Å². The molecule has 0 unspecified atom stereocenters. The number of likely N-dealkylation sites (tertiary alicyclic amines) is 1. The Morgan fingerprint density at radius 2 is 2.08 bits per heavy atom. The fourth-order valence-electron chi connectivity index (χ4n) is 3.15. The molecule has 3 aromatic rings. The van der Waals surface area contributed by atoms with Crippen LogP contribution in [0.2, 0.25) is 0 Å². The van der Waals surface area contributed by atoms with Crippen molar-refractivity contribution in [1.29, 1.82) is 0 Å². The second-order valence-corrected chi connectivity index (χ2v) is 6.27. The number of fused-ring (bicyclic) bond motifs is 1. The first-order valence-corrected chi connectivity index (χ1v) is 8.32. The molecule has 1 amide bonds. The van der Waals surface area contributed by atoms with E-state index in [9.17, 15) is 4.79 Å². The van der Waals surface area contributed by atoms with E-state index in [-0.39, 0.29) is 12.0 Å². The van der Waals surface area contributed by atoms with Crippen molar-refractivity contribution >= 4 is 11.6 Å². The van der Waals surface area contributed by atoms with Crippen molar-refractivity contribution in [2.75, 3.05) is 13.1 Å². The topological polar surface area (TPSA) is 72.6 Å². The zero-order valence-electron chi connectivity index (χ0n) is 14.2. The zero-order chi connectivity index (χ0) is 17.4. The second kappa shape index (κ2) is 6.16. The number of hydrogen-bond acceptors (Lipinski definition) is 5. The number of nitrogens with zero attached hydrogens (tertiary/aromatic N) is 5. The van der Waals surface area contributed by atoms with Gasteiger partial charge in [-0.2, -0.15) is 5.10 Å². The lowest BCUT2D eigenvalue weighted by molar-refractivity contribution is 0.0763. The van der Waals surface area contributed by atoms with Crippen molar-refractivity contribution < 1.29 is 9.53 Å². The summed E-state index contributed by atoms with van der Waals surface area (Å²) >= 11 is 0. The molecule has 7 nitrogen and oxygen atoms in total. The van der Waals surface area contributed by atoms with E-state index in [1.807, 2.05) is 53.6 Å². The first-order chi connectivity index (χ1) is 12.1. The lowest BCUT2D eigenvalue weighted by Gasteiger charge is -2.17. The number of aromatic nitrogens is 4. The van der Waals surface area contributed by atoms with Crippen LogP contribution in [-0.2, 0) is 0 Å². The van der Waals surface area contributed by atoms with Crippen LogP contribution in [0, 0.1) is 13.8 Å². The SMILES string of the molecule is Cc1ccc(O[C@H]2CCN(C(=O)c3c(C)nc4ccccn34)C2)nn1. The highest BCUT2D eigenvalue weighted by molar-refractivity contribution is 5.94. The van der Waals surface area contributed by atoms with Crippen molar-refractivity contribution in [2.45, 2.75) is 26.4 Å². The van der Waals surface area contributed by atoms with Gasteiger partial charge in [0.25, 0.3) is 5.91 Å². The fourth-order valence-corrected chi connectivity index (χ4v) is 3.15. The third-order valence-electron chi connectivity index (χ3n) is 4.40. The number of pyridine rings is 1. The van der Waals surface area contributed by atoms with Crippen LogP contribution in [0.5, 0.6) is 5.88 Å². The number of aryl methyl sites for hydroxylation is 2. The average Bonchev–Trinajstić information content (AvgIpc) is 3.20. The molecule has 1 aliphatic rings. The number of imidazole rings is 1. The van der Waals surface area contributed by atoms with Gasteiger partial charge < -0.3 is 9.64 Å².